The Kier molecular flexibility index (Phi) is 3.20. The number of esters is 1. The standard InChI is InChI=1S/C15H23NO5S/c1-9(21-10(2)17)13(18)16-12-7-11-5-6-15(12,14(11,3)4)8-22(16,19)20/h9,11-12H,5-8H2,1-4H3/t9-,11-,12-,15-/m1/s1. The predicted octanol–water partition coefficient (Wildman–Crippen LogP) is 1.30. The molecule has 0 unspecified atom stereocenters. The van der Waals surface area contributed by atoms with Gasteiger partial charge in [-0.15, -0.1) is 0 Å². The average molecular weight is 329 g/mol. The van der Waals surface area contributed by atoms with Crippen molar-refractivity contribution in [2.45, 2.75) is 59.1 Å². The Morgan fingerprint density at radius 1 is 1.32 bits per heavy atom. The van der Waals surface area contributed by atoms with Crippen LogP contribution in [0.25, 0.3) is 0 Å². The predicted molar refractivity (Wildman–Crippen MR) is 79.2 cm³/mol. The molecule has 0 aromatic heterocycles. The van der Waals surface area contributed by atoms with Gasteiger partial charge in [0.1, 0.15) is 0 Å². The molecule has 0 radical (unpaired) electrons. The average Bonchev–Trinajstić information content (AvgIpc) is 2.83. The van der Waals surface area contributed by atoms with E-state index in [9.17, 15) is 18.0 Å². The number of rotatable bonds is 2. The van der Waals surface area contributed by atoms with Gasteiger partial charge in [-0.1, -0.05) is 13.8 Å². The van der Waals surface area contributed by atoms with Crippen molar-refractivity contribution in [1.29, 1.82) is 0 Å². The third kappa shape index (κ3) is 1.80. The third-order valence-electron chi connectivity index (χ3n) is 6.32. The number of ether oxygens (including phenoxy) is 1. The van der Waals surface area contributed by atoms with Crippen LogP contribution in [-0.2, 0) is 24.3 Å². The van der Waals surface area contributed by atoms with Gasteiger partial charge in [-0.05, 0) is 37.5 Å². The molecule has 2 saturated carbocycles. The number of amides is 1. The van der Waals surface area contributed by atoms with E-state index in [-0.39, 0.29) is 22.6 Å². The van der Waals surface area contributed by atoms with Crippen molar-refractivity contribution in [2.24, 2.45) is 16.7 Å². The van der Waals surface area contributed by atoms with E-state index in [1.165, 1.54) is 13.8 Å². The summed E-state index contributed by atoms with van der Waals surface area (Å²) in [5, 5.41) is 0. The summed E-state index contributed by atoms with van der Waals surface area (Å²) in [7, 11) is -3.65. The van der Waals surface area contributed by atoms with E-state index in [0.29, 0.717) is 5.92 Å². The smallest absolute Gasteiger partial charge is 0.303 e. The van der Waals surface area contributed by atoms with Gasteiger partial charge in [0.2, 0.25) is 10.0 Å². The number of sulfonamides is 1. The molecule has 1 spiro atoms. The highest BCUT2D eigenvalue weighted by Crippen LogP contribution is 2.69. The SMILES string of the molecule is CC(=O)O[C@H](C)C(=O)N1[C@@H]2C[C@H]3CC[C@]2(CS1(=O)=O)C3(C)C. The van der Waals surface area contributed by atoms with Gasteiger partial charge in [0.15, 0.2) is 6.10 Å². The molecule has 1 aliphatic heterocycles. The summed E-state index contributed by atoms with van der Waals surface area (Å²) in [5.74, 6) is -0.708. The Hall–Kier alpha value is -1.11. The molecule has 0 aromatic rings. The molecule has 3 fully saturated rings. The Morgan fingerprint density at radius 3 is 2.50 bits per heavy atom. The molecular formula is C15H23NO5S. The van der Waals surface area contributed by atoms with Gasteiger partial charge in [0, 0.05) is 12.3 Å². The number of hydrogen-bond donors (Lipinski definition) is 0. The molecule has 2 aliphatic carbocycles. The second-order valence-electron chi connectivity index (χ2n) is 7.51. The second kappa shape index (κ2) is 4.46. The van der Waals surface area contributed by atoms with Gasteiger partial charge in [0.25, 0.3) is 5.91 Å². The van der Waals surface area contributed by atoms with E-state index in [0.717, 1.165) is 23.6 Å². The second-order valence-corrected chi connectivity index (χ2v) is 9.35. The largest absolute Gasteiger partial charge is 0.453 e. The van der Waals surface area contributed by atoms with Gasteiger partial charge in [-0.3, -0.25) is 9.59 Å². The van der Waals surface area contributed by atoms with Crippen LogP contribution in [0.4, 0.5) is 0 Å². The van der Waals surface area contributed by atoms with Crippen LogP contribution < -0.4 is 0 Å². The van der Waals surface area contributed by atoms with Crippen LogP contribution in [0.3, 0.4) is 0 Å². The van der Waals surface area contributed by atoms with Crippen molar-refractivity contribution in [3.63, 3.8) is 0 Å². The minimum absolute atomic E-state index is 0.0344. The first kappa shape index (κ1) is 15.8. The molecule has 7 heteroatoms. The minimum Gasteiger partial charge on any atom is -0.453 e. The van der Waals surface area contributed by atoms with Crippen LogP contribution in [0.15, 0.2) is 0 Å². The van der Waals surface area contributed by atoms with E-state index >= 15 is 0 Å². The van der Waals surface area contributed by atoms with Crippen molar-refractivity contribution in [3.05, 3.63) is 0 Å². The molecule has 4 atom stereocenters. The first-order valence-corrected chi connectivity index (χ1v) is 9.37. The Balaban J connectivity index is 1.97. The van der Waals surface area contributed by atoms with Gasteiger partial charge in [-0.25, -0.2) is 12.7 Å². The van der Waals surface area contributed by atoms with Gasteiger partial charge < -0.3 is 4.74 Å². The lowest BCUT2D eigenvalue weighted by Crippen LogP contribution is -2.48. The van der Waals surface area contributed by atoms with Crippen molar-refractivity contribution in [2.75, 3.05) is 5.75 Å². The fourth-order valence-corrected chi connectivity index (χ4v) is 7.65. The molecule has 1 saturated heterocycles. The topological polar surface area (TPSA) is 80.8 Å². The molecule has 3 aliphatic rings. The number of carbonyl (C=O) groups excluding carboxylic acids is 2. The van der Waals surface area contributed by atoms with Crippen LogP contribution in [0.1, 0.15) is 47.0 Å². The maximum Gasteiger partial charge on any atom is 0.303 e. The summed E-state index contributed by atoms with van der Waals surface area (Å²) in [6, 6.07) is -0.281. The first-order chi connectivity index (χ1) is 10.0. The van der Waals surface area contributed by atoms with Gasteiger partial charge in [-0.2, -0.15) is 0 Å². The number of carbonyl (C=O) groups is 2. The zero-order valence-corrected chi connectivity index (χ0v) is 14.3. The minimum atomic E-state index is -3.65. The summed E-state index contributed by atoms with van der Waals surface area (Å²) in [4.78, 5) is 23.6. The third-order valence-corrected chi connectivity index (χ3v) is 8.23. The quantitative estimate of drug-likeness (QED) is 0.714. The zero-order valence-electron chi connectivity index (χ0n) is 13.5. The van der Waals surface area contributed by atoms with Crippen molar-refractivity contribution >= 4 is 21.9 Å². The highest BCUT2D eigenvalue weighted by atomic mass is 32.2. The summed E-state index contributed by atoms with van der Waals surface area (Å²) in [6.45, 7) is 6.90. The lowest BCUT2D eigenvalue weighted by atomic mass is 9.69. The van der Waals surface area contributed by atoms with E-state index in [1.807, 2.05) is 0 Å². The van der Waals surface area contributed by atoms with Crippen LogP contribution in [0, 0.1) is 16.7 Å². The molecule has 22 heavy (non-hydrogen) atoms. The van der Waals surface area contributed by atoms with Crippen LogP contribution in [-0.4, -0.2) is 42.5 Å². The fourth-order valence-electron chi connectivity index (χ4n) is 5.06. The monoisotopic (exact) mass is 329 g/mol. The summed E-state index contributed by atoms with van der Waals surface area (Å²) >= 11 is 0. The molecule has 124 valence electrons. The lowest BCUT2D eigenvalue weighted by molar-refractivity contribution is -0.156. The maximum absolute atomic E-state index is 12.6. The maximum atomic E-state index is 12.6. The Morgan fingerprint density at radius 2 is 1.95 bits per heavy atom. The molecule has 6 nitrogen and oxygen atoms in total. The lowest BCUT2D eigenvalue weighted by Gasteiger charge is -2.37. The summed E-state index contributed by atoms with van der Waals surface area (Å²) in [5.41, 5.74) is -0.424. The van der Waals surface area contributed by atoms with Gasteiger partial charge in [0.05, 0.1) is 11.8 Å². The van der Waals surface area contributed by atoms with Crippen LogP contribution >= 0.6 is 0 Å². The van der Waals surface area contributed by atoms with Crippen LogP contribution in [0.5, 0.6) is 0 Å². The van der Waals surface area contributed by atoms with Crippen LogP contribution in [0.2, 0.25) is 0 Å². The van der Waals surface area contributed by atoms with Crippen molar-refractivity contribution in [3.8, 4) is 0 Å². The van der Waals surface area contributed by atoms with Crippen molar-refractivity contribution in [1.82, 2.24) is 4.31 Å². The van der Waals surface area contributed by atoms with E-state index < -0.39 is 28.0 Å². The molecular weight excluding hydrogens is 306 g/mol. The molecule has 1 heterocycles. The zero-order chi connectivity index (χ0) is 16.5. The normalized spacial score (nSPS) is 38.6. The number of hydrogen-bond acceptors (Lipinski definition) is 5. The Bertz CT molecular complexity index is 640. The molecule has 0 N–H and O–H groups in total. The number of nitrogens with zero attached hydrogens (tertiary/aromatic N) is 1. The van der Waals surface area contributed by atoms with Gasteiger partial charge >= 0.3 is 5.97 Å². The Labute approximate surface area is 131 Å². The molecule has 2 bridgehead atoms. The molecule has 0 aromatic carbocycles. The number of fused-ring (bicyclic) bond motifs is 1. The van der Waals surface area contributed by atoms with E-state index in [2.05, 4.69) is 13.8 Å². The summed E-state index contributed by atoms with van der Waals surface area (Å²) in [6.07, 6.45) is 1.54. The first-order valence-electron chi connectivity index (χ1n) is 7.76. The van der Waals surface area contributed by atoms with E-state index in [4.69, 9.17) is 4.74 Å². The fraction of sp³-hybridized carbons (Fsp3) is 0.867. The highest BCUT2D eigenvalue weighted by molar-refractivity contribution is 7.90. The van der Waals surface area contributed by atoms with E-state index in [1.54, 1.807) is 0 Å². The summed E-state index contributed by atoms with van der Waals surface area (Å²) < 4.78 is 31.2. The van der Waals surface area contributed by atoms with Crippen molar-refractivity contribution < 1.29 is 22.7 Å². The highest BCUT2D eigenvalue weighted by Gasteiger charge is 2.72. The molecule has 1 amide bonds. The molecule has 3 rings (SSSR count).